The Kier molecular flexibility index (Phi) is 6.01. The topological polar surface area (TPSA) is 77.3 Å². The number of pyridine rings is 1. The Bertz CT molecular complexity index is 1260. The number of nitrogens with one attached hydrogen (secondary N) is 1. The molecule has 4 rings (SSSR count). The maximum atomic E-state index is 14.5. The lowest BCUT2D eigenvalue weighted by Crippen LogP contribution is -2.51. The normalized spacial score (nSPS) is 23.2. The molecule has 0 amide bonds. The second kappa shape index (κ2) is 8.53. The maximum absolute atomic E-state index is 14.5. The summed E-state index contributed by atoms with van der Waals surface area (Å²) in [6, 6.07) is 3.27. The number of H-pyrrole nitrogens is 1. The average Bonchev–Trinajstić information content (AvgIpc) is 3.28. The fourth-order valence-corrected chi connectivity index (χ4v) is 4.41. The van der Waals surface area contributed by atoms with Gasteiger partial charge in [-0.15, -0.1) is 0 Å². The molecule has 182 valence electrons. The first-order valence-electron chi connectivity index (χ1n) is 10.3. The first kappa shape index (κ1) is 23.9. The molecule has 1 aromatic carbocycles. The predicted molar refractivity (Wildman–Crippen MR) is 111 cm³/mol. The van der Waals surface area contributed by atoms with Gasteiger partial charge in [0.05, 0.1) is 19.9 Å². The van der Waals surface area contributed by atoms with Crippen LogP contribution in [0.25, 0.3) is 11.5 Å². The van der Waals surface area contributed by atoms with Crippen molar-refractivity contribution >= 4 is 0 Å². The largest absolute Gasteiger partial charge is 0.493 e. The number of rotatable bonds is 4. The third kappa shape index (κ3) is 3.97. The van der Waals surface area contributed by atoms with E-state index in [0.29, 0.717) is 5.69 Å². The summed E-state index contributed by atoms with van der Waals surface area (Å²) in [4.78, 5) is 19.9. The number of nitrogens with zero attached hydrogens (tertiary/aromatic N) is 1. The first-order valence-corrected chi connectivity index (χ1v) is 10.3. The molecule has 0 unspecified atom stereocenters. The number of hydrogen-bond donors (Lipinski definition) is 1. The number of oxazole rings is 1. The summed E-state index contributed by atoms with van der Waals surface area (Å²) in [7, 11) is 1.11. The van der Waals surface area contributed by atoms with Gasteiger partial charge in [-0.25, -0.2) is 9.37 Å². The van der Waals surface area contributed by atoms with Gasteiger partial charge in [0.15, 0.2) is 22.6 Å². The van der Waals surface area contributed by atoms with Crippen LogP contribution in [-0.4, -0.2) is 35.5 Å². The zero-order valence-corrected chi connectivity index (χ0v) is 18.4. The molecule has 1 saturated heterocycles. The van der Waals surface area contributed by atoms with E-state index in [9.17, 15) is 26.7 Å². The quantitative estimate of drug-likeness (QED) is 0.513. The van der Waals surface area contributed by atoms with Crippen LogP contribution in [0.4, 0.5) is 22.0 Å². The van der Waals surface area contributed by atoms with E-state index in [0.717, 1.165) is 20.1 Å². The first-order chi connectivity index (χ1) is 16.0. The Labute approximate surface area is 190 Å². The zero-order chi connectivity index (χ0) is 24.8. The number of methoxy groups -OCH3 is 1. The zero-order valence-electron chi connectivity index (χ0n) is 18.4. The van der Waals surface area contributed by atoms with Gasteiger partial charge in [-0.05, 0) is 26.3 Å². The summed E-state index contributed by atoms with van der Waals surface area (Å²) in [6.07, 6.45) is -2.65. The van der Waals surface area contributed by atoms with Crippen LogP contribution in [0, 0.1) is 18.6 Å². The van der Waals surface area contributed by atoms with E-state index < -0.39 is 59.5 Å². The molecule has 0 radical (unpaired) electrons. The Morgan fingerprint density at radius 2 is 1.97 bits per heavy atom. The molecule has 0 spiro atoms. The van der Waals surface area contributed by atoms with Crippen LogP contribution in [-0.2, 0) is 4.74 Å². The number of aryl methyl sites for hydroxylation is 1. The lowest BCUT2D eigenvalue weighted by molar-refractivity contribution is -0.286. The second-order valence-corrected chi connectivity index (χ2v) is 8.37. The van der Waals surface area contributed by atoms with Crippen LogP contribution in [0.3, 0.4) is 0 Å². The molecule has 3 aromatic rings. The van der Waals surface area contributed by atoms with Crippen molar-refractivity contribution in [1.29, 1.82) is 0 Å². The van der Waals surface area contributed by atoms with Gasteiger partial charge in [0, 0.05) is 34.9 Å². The van der Waals surface area contributed by atoms with Crippen molar-refractivity contribution in [2.24, 2.45) is 0 Å². The van der Waals surface area contributed by atoms with Gasteiger partial charge >= 0.3 is 6.18 Å². The summed E-state index contributed by atoms with van der Waals surface area (Å²) < 4.78 is 85.4. The number of halogens is 5. The average molecular weight is 484 g/mol. The fourth-order valence-electron chi connectivity index (χ4n) is 4.41. The summed E-state index contributed by atoms with van der Waals surface area (Å²) in [5, 5.41) is 0. The minimum atomic E-state index is -4.72. The Morgan fingerprint density at radius 1 is 1.24 bits per heavy atom. The van der Waals surface area contributed by atoms with Crippen molar-refractivity contribution in [2.75, 3.05) is 13.7 Å². The van der Waals surface area contributed by atoms with Crippen molar-refractivity contribution < 1.29 is 35.8 Å². The van der Waals surface area contributed by atoms with Crippen molar-refractivity contribution in [1.82, 2.24) is 9.97 Å². The highest BCUT2D eigenvalue weighted by molar-refractivity contribution is 5.56. The van der Waals surface area contributed by atoms with Gasteiger partial charge in [-0.1, -0.05) is 6.07 Å². The highest BCUT2D eigenvalue weighted by Gasteiger charge is 2.57. The lowest BCUT2D eigenvalue weighted by Gasteiger charge is -2.44. The van der Waals surface area contributed by atoms with Crippen molar-refractivity contribution in [3.05, 3.63) is 69.5 Å². The van der Waals surface area contributed by atoms with Crippen molar-refractivity contribution in [3.8, 4) is 17.2 Å². The molecular formula is C23H21F5N2O4. The molecule has 3 atom stereocenters. The minimum absolute atomic E-state index is 0.0421. The number of aromatic nitrogens is 2. The van der Waals surface area contributed by atoms with E-state index in [4.69, 9.17) is 13.9 Å². The summed E-state index contributed by atoms with van der Waals surface area (Å²) >= 11 is 0. The maximum Gasteiger partial charge on any atom is 0.417 e. The van der Waals surface area contributed by atoms with E-state index >= 15 is 0 Å². The number of aromatic amines is 1. The van der Waals surface area contributed by atoms with Crippen LogP contribution in [0.15, 0.2) is 39.9 Å². The van der Waals surface area contributed by atoms with Crippen LogP contribution < -0.4 is 10.2 Å². The molecule has 2 aromatic heterocycles. The van der Waals surface area contributed by atoms with E-state index in [1.54, 1.807) is 6.92 Å². The molecule has 0 bridgehead atoms. The number of hydrogen-bond acceptors (Lipinski definition) is 5. The monoisotopic (exact) mass is 484 g/mol. The highest BCUT2D eigenvalue weighted by atomic mass is 19.4. The van der Waals surface area contributed by atoms with Crippen LogP contribution in [0.5, 0.6) is 5.75 Å². The standard InChI is InChI=1S/C23H21F5N2O4/c1-11-18(21-29-6-7-33-21)17(31)8-16(30-11)14-10-34-22(2,23(26,27)28)9-13(14)12-4-5-15(24)19(25)20(12)32-3/h4-8,13-14H,9-10H2,1-3H3,(H,30,31)/t13-,14+,22+/m0/s1. The van der Waals surface area contributed by atoms with Gasteiger partial charge in [0.25, 0.3) is 0 Å². The molecule has 0 aliphatic carbocycles. The lowest BCUT2D eigenvalue weighted by atomic mass is 9.74. The Hall–Kier alpha value is -3.21. The third-order valence-corrected chi connectivity index (χ3v) is 6.25. The van der Waals surface area contributed by atoms with E-state index in [-0.39, 0.29) is 22.7 Å². The van der Waals surface area contributed by atoms with Crippen molar-refractivity contribution in [3.63, 3.8) is 0 Å². The number of alkyl halides is 3. The van der Waals surface area contributed by atoms with E-state index in [1.807, 2.05) is 0 Å². The molecule has 34 heavy (non-hydrogen) atoms. The van der Waals surface area contributed by atoms with Gasteiger partial charge in [-0.2, -0.15) is 17.6 Å². The van der Waals surface area contributed by atoms with E-state index in [1.165, 1.54) is 24.6 Å². The van der Waals surface area contributed by atoms with Crippen LogP contribution >= 0.6 is 0 Å². The van der Waals surface area contributed by atoms with Gasteiger partial charge in [0.2, 0.25) is 11.7 Å². The smallest absolute Gasteiger partial charge is 0.417 e. The molecule has 11 heteroatoms. The van der Waals surface area contributed by atoms with E-state index in [2.05, 4.69) is 9.97 Å². The number of benzene rings is 1. The van der Waals surface area contributed by atoms with Crippen molar-refractivity contribution in [2.45, 2.75) is 43.9 Å². The molecule has 0 saturated carbocycles. The minimum Gasteiger partial charge on any atom is -0.493 e. The molecule has 3 heterocycles. The molecule has 1 N–H and O–H groups in total. The summed E-state index contributed by atoms with van der Waals surface area (Å²) in [6.45, 7) is 2.07. The molecule has 1 fully saturated rings. The summed E-state index contributed by atoms with van der Waals surface area (Å²) in [5.41, 5.74) is -2.14. The highest BCUT2D eigenvalue weighted by Crippen LogP contribution is 2.51. The predicted octanol–water partition coefficient (Wildman–Crippen LogP) is 5.23. The Balaban J connectivity index is 1.85. The van der Waals surface area contributed by atoms with Crippen LogP contribution in [0.2, 0.25) is 0 Å². The molecule has 6 nitrogen and oxygen atoms in total. The second-order valence-electron chi connectivity index (χ2n) is 8.37. The Morgan fingerprint density at radius 3 is 2.56 bits per heavy atom. The summed E-state index contributed by atoms with van der Waals surface area (Å²) in [5.74, 6) is -4.73. The van der Waals surface area contributed by atoms with Gasteiger partial charge < -0.3 is 18.9 Å². The molecule has 1 aliphatic heterocycles. The SMILES string of the molecule is COc1c([C@@H]2C[C@](C)(C(F)(F)F)OC[C@H]2c2cc(=O)c(-c3ncco3)c(C)[nH]2)ccc(F)c1F. The molecular weight excluding hydrogens is 463 g/mol. The molecule has 1 aliphatic rings. The fraction of sp³-hybridized carbons (Fsp3) is 0.391. The number of ether oxygens (including phenoxy) is 2. The van der Waals surface area contributed by atoms with Gasteiger partial charge in [-0.3, -0.25) is 4.79 Å². The van der Waals surface area contributed by atoms with Crippen LogP contribution in [0.1, 0.15) is 42.1 Å². The third-order valence-electron chi connectivity index (χ3n) is 6.25. The van der Waals surface area contributed by atoms with Gasteiger partial charge in [0.1, 0.15) is 11.8 Å².